The summed E-state index contributed by atoms with van der Waals surface area (Å²) in [7, 11) is -0.178. The maximum Gasteiger partial charge on any atom is 0.457 e. The zero-order chi connectivity index (χ0) is 23.7. The van der Waals surface area contributed by atoms with Crippen molar-refractivity contribution >= 4 is 19.1 Å². The average Bonchev–Trinajstić information content (AvgIpc) is 2.72. The van der Waals surface area contributed by atoms with E-state index in [-0.39, 0.29) is 41.9 Å². The van der Waals surface area contributed by atoms with Crippen LogP contribution in [-0.2, 0) is 18.8 Å². The number of carbonyl (C=O) groups excluding carboxylic acids is 2. The Morgan fingerprint density at radius 1 is 1.03 bits per heavy atom. The van der Waals surface area contributed by atoms with Gasteiger partial charge in [-0.05, 0) is 86.9 Å². The van der Waals surface area contributed by atoms with Crippen LogP contribution in [0.1, 0.15) is 94.4 Å². The second-order valence-corrected chi connectivity index (χ2v) is 11.5. The number of alkyl carbamates (subject to hydrolysis) is 1. The van der Waals surface area contributed by atoms with Gasteiger partial charge in [-0.25, -0.2) is 4.79 Å². The summed E-state index contributed by atoms with van der Waals surface area (Å²) in [5.41, 5.74) is -1.39. The van der Waals surface area contributed by atoms with E-state index in [0.29, 0.717) is 5.92 Å². The second kappa shape index (κ2) is 9.30. The highest BCUT2D eigenvalue weighted by molar-refractivity contribution is 6.45. The Balaban J connectivity index is 1.80. The van der Waals surface area contributed by atoms with Crippen molar-refractivity contribution in [2.75, 3.05) is 0 Å². The third-order valence-corrected chi connectivity index (χ3v) is 6.91. The van der Waals surface area contributed by atoms with Crippen LogP contribution in [0.4, 0.5) is 4.79 Å². The summed E-state index contributed by atoms with van der Waals surface area (Å²) in [4.78, 5) is 23.9. The number of rotatable bonds is 8. The van der Waals surface area contributed by atoms with Crippen molar-refractivity contribution in [2.45, 2.75) is 129 Å². The van der Waals surface area contributed by atoms with Gasteiger partial charge >= 0.3 is 13.2 Å². The molecule has 0 bridgehead atoms. The van der Waals surface area contributed by atoms with Crippen LogP contribution in [-0.4, -0.2) is 47.5 Å². The normalized spacial score (nSPS) is 26.5. The average molecular weight is 438 g/mol. The number of unbranched alkanes of at least 4 members (excludes halogenated alkanes) is 1. The molecule has 0 aromatic rings. The Kier molecular flexibility index (Phi) is 7.79. The first-order valence-electron chi connectivity index (χ1n) is 11.7. The smallest absolute Gasteiger partial charge is 0.444 e. The van der Waals surface area contributed by atoms with Gasteiger partial charge in [0.25, 0.3) is 0 Å². The second-order valence-electron chi connectivity index (χ2n) is 11.5. The molecule has 1 heterocycles. The van der Waals surface area contributed by atoms with Gasteiger partial charge in [0.1, 0.15) is 5.60 Å². The van der Waals surface area contributed by atoms with Gasteiger partial charge in [-0.2, -0.15) is 0 Å². The quantitative estimate of drug-likeness (QED) is 0.432. The van der Waals surface area contributed by atoms with Gasteiger partial charge in [0.15, 0.2) is 0 Å². The summed E-state index contributed by atoms with van der Waals surface area (Å²) in [6, 6.07) is 0.0951. The van der Waals surface area contributed by atoms with E-state index in [9.17, 15) is 9.59 Å². The lowest BCUT2D eigenvalue weighted by atomic mass is 9.66. The first-order chi connectivity index (χ1) is 14.0. The molecule has 8 heteroatoms. The van der Waals surface area contributed by atoms with Gasteiger partial charge < -0.3 is 24.7 Å². The number of ether oxygens (including phenoxy) is 1. The predicted octanol–water partition coefficient (Wildman–Crippen LogP) is 4.45. The van der Waals surface area contributed by atoms with E-state index in [1.807, 2.05) is 20.8 Å². The van der Waals surface area contributed by atoms with Gasteiger partial charge in [-0.1, -0.05) is 12.8 Å². The van der Waals surface area contributed by atoms with Crippen LogP contribution in [0, 0.1) is 5.92 Å². The summed E-state index contributed by atoms with van der Waals surface area (Å²) >= 11 is 0. The van der Waals surface area contributed by atoms with Crippen LogP contribution in [0.5, 0.6) is 0 Å². The number of hydrogen-bond donors (Lipinski definition) is 2. The first kappa shape index (κ1) is 26.0. The molecule has 0 radical (unpaired) electrons. The fourth-order valence-electron chi connectivity index (χ4n) is 4.39. The number of hydrogen-bond acceptors (Lipinski definition) is 5. The fraction of sp³-hybridized carbons (Fsp3) is 0.913. The minimum Gasteiger partial charge on any atom is -0.444 e. The predicted molar refractivity (Wildman–Crippen MR) is 123 cm³/mol. The minimum absolute atomic E-state index is 0.0167. The van der Waals surface area contributed by atoms with Gasteiger partial charge in [0, 0.05) is 18.5 Å². The summed E-state index contributed by atoms with van der Waals surface area (Å²) in [6.45, 7) is 17.5. The van der Waals surface area contributed by atoms with Crippen molar-refractivity contribution in [3.05, 3.63) is 0 Å². The van der Waals surface area contributed by atoms with Crippen LogP contribution in [0.3, 0.4) is 0 Å². The molecule has 1 aliphatic heterocycles. The van der Waals surface area contributed by atoms with Crippen molar-refractivity contribution in [1.82, 2.24) is 10.6 Å². The molecule has 178 valence electrons. The van der Waals surface area contributed by atoms with Crippen molar-refractivity contribution < 1.29 is 23.6 Å². The van der Waals surface area contributed by atoms with Crippen molar-refractivity contribution in [1.29, 1.82) is 0 Å². The summed E-state index contributed by atoms with van der Waals surface area (Å²) in [5, 5.41) is 6.12. The van der Waals surface area contributed by atoms with Crippen molar-refractivity contribution in [2.24, 2.45) is 5.92 Å². The monoisotopic (exact) mass is 438 g/mol. The maximum atomic E-state index is 12.0. The van der Waals surface area contributed by atoms with E-state index in [2.05, 4.69) is 45.3 Å². The molecule has 1 aliphatic carbocycles. The lowest BCUT2D eigenvalue weighted by molar-refractivity contribution is -0.122. The third kappa shape index (κ3) is 7.11. The molecule has 2 rings (SSSR count). The summed E-state index contributed by atoms with van der Waals surface area (Å²) in [5.74, 6) is 0.310. The van der Waals surface area contributed by atoms with E-state index in [1.165, 1.54) is 0 Å². The number of carbonyl (C=O) groups is 2. The van der Waals surface area contributed by atoms with E-state index in [1.54, 1.807) is 6.92 Å². The summed E-state index contributed by atoms with van der Waals surface area (Å²) < 4.78 is 17.5. The van der Waals surface area contributed by atoms with Gasteiger partial charge in [-0.3, -0.25) is 4.79 Å². The van der Waals surface area contributed by atoms with Crippen molar-refractivity contribution in [3.8, 4) is 0 Å². The molecule has 1 unspecified atom stereocenters. The SMILES string of the molecule is CC(=O)NC(C)(CCCCB1OC(C)(C)C(C)(C)O1)C1CC(NC(=O)OC(C)(C)C)C1. The molecular weight excluding hydrogens is 395 g/mol. The summed E-state index contributed by atoms with van der Waals surface area (Å²) in [6.07, 6.45) is 4.98. The van der Waals surface area contributed by atoms with E-state index < -0.39 is 5.60 Å². The Labute approximate surface area is 188 Å². The van der Waals surface area contributed by atoms with Crippen LogP contribution < -0.4 is 10.6 Å². The molecular formula is C23H43BN2O5. The maximum absolute atomic E-state index is 12.0. The largest absolute Gasteiger partial charge is 0.457 e. The molecule has 2 N–H and O–H groups in total. The zero-order valence-corrected chi connectivity index (χ0v) is 21.0. The Morgan fingerprint density at radius 2 is 1.58 bits per heavy atom. The molecule has 2 amide bonds. The van der Waals surface area contributed by atoms with Gasteiger partial charge in [0.05, 0.1) is 11.2 Å². The lowest BCUT2D eigenvalue weighted by Gasteiger charge is -2.47. The van der Waals surface area contributed by atoms with E-state index >= 15 is 0 Å². The molecule has 0 spiro atoms. The molecule has 31 heavy (non-hydrogen) atoms. The van der Waals surface area contributed by atoms with Gasteiger partial charge in [0.2, 0.25) is 5.91 Å². The molecule has 1 atom stereocenters. The number of nitrogens with one attached hydrogen (secondary N) is 2. The Morgan fingerprint density at radius 3 is 2.06 bits per heavy atom. The van der Waals surface area contributed by atoms with E-state index in [4.69, 9.17) is 14.0 Å². The van der Waals surface area contributed by atoms with Crippen LogP contribution in [0.25, 0.3) is 0 Å². The van der Waals surface area contributed by atoms with E-state index in [0.717, 1.165) is 38.4 Å². The Bertz CT molecular complexity index is 639. The fourth-order valence-corrected chi connectivity index (χ4v) is 4.39. The highest BCUT2D eigenvalue weighted by Gasteiger charge is 2.50. The topological polar surface area (TPSA) is 85.9 Å². The molecule has 2 fully saturated rings. The van der Waals surface area contributed by atoms with Gasteiger partial charge in [-0.15, -0.1) is 0 Å². The van der Waals surface area contributed by atoms with Crippen LogP contribution in [0.15, 0.2) is 0 Å². The molecule has 1 saturated carbocycles. The Hall–Kier alpha value is -1.28. The van der Waals surface area contributed by atoms with Crippen LogP contribution >= 0.6 is 0 Å². The lowest BCUT2D eigenvalue weighted by Crippen LogP contribution is -2.59. The highest BCUT2D eigenvalue weighted by atomic mass is 16.7. The zero-order valence-electron chi connectivity index (χ0n) is 21.0. The van der Waals surface area contributed by atoms with Crippen LogP contribution in [0.2, 0.25) is 6.32 Å². The molecule has 1 saturated heterocycles. The first-order valence-corrected chi connectivity index (χ1v) is 11.7. The molecule has 0 aromatic carbocycles. The molecule has 0 aromatic heterocycles. The van der Waals surface area contributed by atoms with Crippen molar-refractivity contribution in [3.63, 3.8) is 0 Å². The third-order valence-electron chi connectivity index (χ3n) is 6.91. The number of amides is 2. The minimum atomic E-state index is -0.505. The standard InChI is InChI=1S/C23H43BN2O5/c1-16(27)26-23(9,17-14-18(15-17)25-19(28)29-20(2,3)4)12-10-11-13-24-30-21(5,6)22(7,8)31-24/h17-18H,10-15H2,1-9H3,(H,25,28)(H,26,27). The highest BCUT2D eigenvalue weighted by Crippen LogP contribution is 2.41. The molecule has 2 aliphatic rings. The molecule has 7 nitrogen and oxygen atoms in total.